The second-order valence-electron chi connectivity index (χ2n) is 7.00. The fraction of sp³-hybridized carbons (Fsp3) is 0.318. The minimum Gasteiger partial charge on any atom is -0.480 e. The Morgan fingerprint density at radius 3 is 2.07 bits per heavy atom. The smallest absolute Gasteiger partial charge is 0.407 e. The van der Waals surface area contributed by atoms with E-state index in [2.05, 4.69) is 22.8 Å². The van der Waals surface area contributed by atoms with Gasteiger partial charge >= 0.3 is 12.1 Å². The molecule has 0 saturated carbocycles. The molecule has 2 aromatic carbocycles. The number of hydrogen-bond donors (Lipinski definition) is 3. The first-order valence-electron chi connectivity index (χ1n) is 9.57. The van der Waals surface area contributed by atoms with E-state index in [1.807, 2.05) is 36.4 Å². The number of rotatable bonds is 7. The van der Waals surface area contributed by atoms with Crippen molar-refractivity contribution in [3.8, 4) is 11.1 Å². The Morgan fingerprint density at radius 2 is 1.55 bits per heavy atom. The lowest BCUT2D eigenvalue weighted by Crippen LogP contribution is -2.50. The molecule has 0 spiro atoms. The molecule has 1 aliphatic carbocycles. The van der Waals surface area contributed by atoms with Crippen LogP contribution >= 0.6 is 0 Å². The lowest BCUT2D eigenvalue weighted by molar-refractivity contribution is -0.141. The molecule has 7 nitrogen and oxygen atoms in total. The Kier molecular flexibility index (Phi) is 6.16. The van der Waals surface area contributed by atoms with Crippen molar-refractivity contribution in [2.45, 2.75) is 38.3 Å². The maximum Gasteiger partial charge on any atom is 0.407 e. The van der Waals surface area contributed by atoms with Gasteiger partial charge in [0.05, 0.1) is 0 Å². The van der Waals surface area contributed by atoms with Crippen molar-refractivity contribution in [1.29, 1.82) is 0 Å². The van der Waals surface area contributed by atoms with Gasteiger partial charge in [-0.25, -0.2) is 4.79 Å². The topological polar surface area (TPSA) is 105 Å². The monoisotopic (exact) mass is 396 g/mol. The molecule has 1 unspecified atom stereocenters. The van der Waals surface area contributed by atoms with Crippen LogP contribution in [0.3, 0.4) is 0 Å². The van der Waals surface area contributed by atoms with Crippen molar-refractivity contribution < 1.29 is 24.2 Å². The zero-order chi connectivity index (χ0) is 21.0. The number of ether oxygens (including phenoxy) is 1. The van der Waals surface area contributed by atoms with Crippen LogP contribution in [0.2, 0.25) is 0 Å². The summed E-state index contributed by atoms with van der Waals surface area (Å²) in [6.07, 6.45) is -0.403. The van der Waals surface area contributed by atoms with Gasteiger partial charge in [0.2, 0.25) is 5.91 Å². The fourth-order valence-corrected chi connectivity index (χ4v) is 3.51. The van der Waals surface area contributed by atoms with Crippen molar-refractivity contribution in [1.82, 2.24) is 10.6 Å². The van der Waals surface area contributed by atoms with Crippen LogP contribution in [-0.2, 0) is 14.3 Å². The summed E-state index contributed by atoms with van der Waals surface area (Å²) < 4.78 is 5.43. The van der Waals surface area contributed by atoms with Crippen LogP contribution in [0.25, 0.3) is 11.1 Å². The van der Waals surface area contributed by atoms with Crippen LogP contribution in [0.4, 0.5) is 4.79 Å². The summed E-state index contributed by atoms with van der Waals surface area (Å²) >= 11 is 0. The predicted molar refractivity (Wildman–Crippen MR) is 108 cm³/mol. The molecule has 29 heavy (non-hydrogen) atoms. The van der Waals surface area contributed by atoms with Gasteiger partial charge in [-0.1, -0.05) is 55.5 Å². The van der Waals surface area contributed by atoms with Crippen LogP contribution in [0.1, 0.15) is 37.3 Å². The number of carboxylic acids is 1. The molecule has 2 atom stereocenters. The normalized spacial score (nSPS) is 14.3. The molecule has 0 bridgehead atoms. The third kappa shape index (κ3) is 4.39. The molecule has 3 rings (SSSR count). The van der Waals surface area contributed by atoms with E-state index in [4.69, 9.17) is 9.84 Å². The highest BCUT2D eigenvalue weighted by atomic mass is 16.5. The van der Waals surface area contributed by atoms with Gasteiger partial charge in [-0.05, 0) is 35.6 Å². The maximum absolute atomic E-state index is 12.3. The van der Waals surface area contributed by atoms with E-state index in [1.165, 1.54) is 6.92 Å². The molecule has 0 heterocycles. The number of aliphatic carboxylic acids is 1. The molecule has 7 heteroatoms. The molecule has 3 N–H and O–H groups in total. The molecular weight excluding hydrogens is 372 g/mol. The molecule has 2 aromatic rings. The summed E-state index contributed by atoms with van der Waals surface area (Å²) in [6, 6.07) is 14.1. The minimum absolute atomic E-state index is 0.0749. The fourth-order valence-electron chi connectivity index (χ4n) is 3.51. The van der Waals surface area contributed by atoms with Gasteiger partial charge < -0.3 is 20.5 Å². The molecule has 0 saturated heterocycles. The average Bonchev–Trinajstić information content (AvgIpc) is 3.04. The maximum atomic E-state index is 12.3. The van der Waals surface area contributed by atoms with Crippen LogP contribution in [0.15, 0.2) is 48.5 Å². The van der Waals surface area contributed by atoms with Crippen LogP contribution in [0, 0.1) is 0 Å². The summed E-state index contributed by atoms with van der Waals surface area (Å²) in [5.74, 6) is -1.78. The van der Waals surface area contributed by atoms with Gasteiger partial charge in [0, 0.05) is 5.92 Å². The van der Waals surface area contributed by atoms with E-state index in [-0.39, 0.29) is 12.5 Å². The summed E-state index contributed by atoms with van der Waals surface area (Å²) in [6.45, 7) is 3.23. The Bertz CT molecular complexity index is 881. The zero-order valence-electron chi connectivity index (χ0n) is 16.3. The SMILES string of the molecule is CCC(NC(=O)OCC1c2ccccc2-c2ccccc21)C(=O)N[C@@H](C)C(=O)O. The lowest BCUT2D eigenvalue weighted by Gasteiger charge is -2.19. The van der Waals surface area contributed by atoms with Crippen LogP contribution in [0.5, 0.6) is 0 Å². The molecular formula is C22H24N2O5. The number of hydrogen-bond acceptors (Lipinski definition) is 4. The van der Waals surface area contributed by atoms with E-state index >= 15 is 0 Å². The number of benzene rings is 2. The van der Waals surface area contributed by atoms with Crippen molar-refractivity contribution in [3.63, 3.8) is 0 Å². The first-order valence-corrected chi connectivity index (χ1v) is 9.57. The molecule has 0 aromatic heterocycles. The third-order valence-corrected chi connectivity index (χ3v) is 5.09. The third-order valence-electron chi connectivity index (χ3n) is 5.09. The van der Waals surface area contributed by atoms with E-state index in [1.54, 1.807) is 6.92 Å². The number of nitrogens with one attached hydrogen (secondary N) is 2. The van der Waals surface area contributed by atoms with Gasteiger partial charge in [0.15, 0.2) is 0 Å². The van der Waals surface area contributed by atoms with Crippen molar-refractivity contribution in [3.05, 3.63) is 59.7 Å². The van der Waals surface area contributed by atoms with Gasteiger partial charge in [-0.2, -0.15) is 0 Å². The molecule has 0 aliphatic heterocycles. The van der Waals surface area contributed by atoms with Crippen molar-refractivity contribution in [2.75, 3.05) is 6.61 Å². The van der Waals surface area contributed by atoms with Crippen LogP contribution in [-0.4, -0.2) is 41.8 Å². The van der Waals surface area contributed by atoms with Gasteiger partial charge in [0.1, 0.15) is 18.7 Å². The number of amides is 2. The number of fused-ring (bicyclic) bond motifs is 3. The van der Waals surface area contributed by atoms with E-state index in [0.29, 0.717) is 6.42 Å². The second-order valence-corrected chi connectivity index (χ2v) is 7.00. The van der Waals surface area contributed by atoms with Crippen molar-refractivity contribution in [2.24, 2.45) is 0 Å². The average molecular weight is 396 g/mol. The summed E-state index contributed by atoms with van der Waals surface area (Å²) in [4.78, 5) is 35.3. The Hall–Kier alpha value is -3.35. The standard InChI is InChI=1S/C22H24N2O5/c1-3-19(20(25)23-13(2)21(26)27)24-22(28)29-12-18-16-10-6-4-8-14(16)15-9-5-7-11-17(15)18/h4-11,13,18-19H,3,12H2,1-2H3,(H,23,25)(H,24,28)(H,26,27)/t13-,19?/m0/s1. The first kappa shape index (κ1) is 20.4. The lowest BCUT2D eigenvalue weighted by atomic mass is 9.98. The number of alkyl carbamates (subject to hydrolysis) is 1. The summed E-state index contributed by atoms with van der Waals surface area (Å²) in [7, 11) is 0. The highest BCUT2D eigenvalue weighted by Crippen LogP contribution is 2.44. The largest absolute Gasteiger partial charge is 0.480 e. The molecule has 0 radical (unpaired) electrons. The highest BCUT2D eigenvalue weighted by Gasteiger charge is 2.29. The van der Waals surface area contributed by atoms with E-state index in [0.717, 1.165) is 22.3 Å². The molecule has 0 fully saturated rings. The second kappa shape index (κ2) is 8.77. The van der Waals surface area contributed by atoms with Crippen molar-refractivity contribution >= 4 is 18.0 Å². The number of carbonyl (C=O) groups excluding carboxylic acids is 2. The minimum atomic E-state index is -1.14. The molecule has 1 aliphatic rings. The number of carboxylic acid groups (broad SMARTS) is 1. The van der Waals surface area contributed by atoms with Gasteiger partial charge in [-0.15, -0.1) is 0 Å². The quantitative estimate of drug-likeness (QED) is 0.667. The summed E-state index contributed by atoms with van der Waals surface area (Å²) in [5.41, 5.74) is 4.46. The Morgan fingerprint density at radius 1 is 1.00 bits per heavy atom. The number of carbonyl (C=O) groups is 3. The van der Waals surface area contributed by atoms with E-state index < -0.39 is 30.1 Å². The van der Waals surface area contributed by atoms with Gasteiger partial charge in [-0.3, -0.25) is 9.59 Å². The molecule has 2 amide bonds. The van der Waals surface area contributed by atoms with E-state index in [9.17, 15) is 14.4 Å². The summed E-state index contributed by atoms with van der Waals surface area (Å²) in [5, 5.41) is 13.8. The first-order chi connectivity index (χ1) is 13.9. The highest BCUT2D eigenvalue weighted by molar-refractivity contribution is 5.89. The Labute approximate surface area is 169 Å². The zero-order valence-corrected chi connectivity index (χ0v) is 16.3. The van der Waals surface area contributed by atoms with Gasteiger partial charge in [0.25, 0.3) is 0 Å². The Balaban J connectivity index is 1.63. The van der Waals surface area contributed by atoms with Crippen LogP contribution < -0.4 is 10.6 Å². The molecule has 152 valence electrons. The predicted octanol–water partition coefficient (Wildman–Crippen LogP) is 2.89.